The number of carbonyl (C=O) groups is 1. The van der Waals surface area contributed by atoms with E-state index in [0.717, 1.165) is 22.4 Å². The van der Waals surface area contributed by atoms with E-state index in [9.17, 15) is 22.4 Å². The van der Waals surface area contributed by atoms with Crippen LogP contribution in [0.15, 0.2) is 66.9 Å². The first kappa shape index (κ1) is 26.7. The van der Waals surface area contributed by atoms with Crippen LogP contribution in [0.3, 0.4) is 0 Å². The summed E-state index contributed by atoms with van der Waals surface area (Å²) in [5.74, 6) is -0.662. The fourth-order valence-electron chi connectivity index (χ4n) is 4.70. The van der Waals surface area contributed by atoms with E-state index in [0.29, 0.717) is 42.1 Å². The Bertz CT molecular complexity index is 1530. The van der Waals surface area contributed by atoms with Gasteiger partial charge in [-0.05, 0) is 59.2 Å². The van der Waals surface area contributed by atoms with Gasteiger partial charge in [-0.2, -0.15) is 0 Å². The number of hydrogen-bond acceptors (Lipinski definition) is 4. The van der Waals surface area contributed by atoms with Crippen LogP contribution in [0.5, 0.6) is 5.75 Å². The molecule has 0 saturated heterocycles. The molecule has 39 heavy (non-hydrogen) atoms. The molecule has 0 bridgehead atoms. The molecule has 11 heteroatoms. The molecule has 0 unspecified atom stereocenters. The Hall–Kier alpha value is -3.89. The highest BCUT2D eigenvalue weighted by Crippen LogP contribution is 2.35. The summed E-state index contributed by atoms with van der Waals surface area (Å²) in [6, 6.07) is 13.1. The van der Waals surface area contributed by atoms with Gasteiger partial charge in [-0.1, -0.05) is 35.9 Å². The number of amides is 1. The fraction of sp³-hybridized carbons (Fsp3) is 0.214. The van der Waals surface area contributed by atoms with Gasteiger partial charge in [-0.25, -0.2) is 14.2 Å². The van der Waals surface area contributed by atoms with Crippen LogP contribution >= 0.6 is 11.6 Å². The van der Waals surface area contributed by atoms with Gasteiger partial charge < -0.3 is 10.1 Å². The van der Waals surface area contributed by atoms with Crippen molar-refractivity contribution < 1.29 is 27.1 Å². The maximum atomic E-state index is 13.3. The van der Waals surface area contributed by atoms with E-state index in [1.165, 1.54) is 41.1 Å². The number of alkyl halides is 3. The first-order chi connectivity index (χ1) is 18.7. The number of ether oxygens (including phenoxy) is 1. The van der Waals surface area contributed by atoms with Crippen LogP contribution in [0.1, 0.15) is 22.4 Å². The third-order valence-corrected chi connectivity index (χ3v) is 6.62. The minimum atomic E-state index is -4.84. The molecule has 0 fully saturated rings. The van der Waals surface area contributed by atoms with Crippen LogP contribution in [0.4, 0.5) is 22.4 Å². The normalized spacial score (nSPS) is 14.1. The Morgan fingerprint density at radius 2 is 1.92 bits per heavy atom. The Balaban J connectivity index is 1.42. The van der Waals surface area contributed by atoms with Gasteiger partial charge in [0.2, 0.25) is 0 Å². The number of fused-ring (bicyclic) bond motifs is 3. The average molecular weight is 559 g/mol. The van der Waals surface area contributed by atoms with Crippen LogP contribution < -0.4 is 10.1 Å². The van der Waals surface area contributed by atoms with E-state index in [1.54, 1.807) is 24.3 Å². The largest absolute Gasteiger partial charge is 0.573 e. The van der Waals surface area contributed by atoms with Gasteiger partial charge in [0.1, 0.15) is 16.7 Å². The van der Waals surface area contributed by atoms with Crippen molar-refractivity contribution in [3.05, 3.63) is 100 Å². The van der Waals surface area contributed by atoms with Crippen molar-refractivity contribution in [2.75, 3.05) is 13.1 Å². The second-order valence-corrected chi connectivity index (χ2v) is 9.46. The number of carbonyl (C=O) groups excluding carboxylic acids is 1. The third kappa shape index (κ3) is 6.40. The molecular formula is C28H23ClF4N4O2. The Kier molecular flexibility index (Phi) is 7.58. The van der Waals surface area contributed by atoms with Crippen LogP contribution in [0, 0.1) is 5.82 Å². The number of nitrogens with one attached hydrogen (secondary N) is 1. The smallest absolute Gasteiger partial charge is 0.406 e. The van der Waals surface area contributed by atoms with E-state index < -0.39 is 12.4 Å². The number of hydrogen-bond donors (Lipinski definition) is 1. The predicted molar refractivity (Wildman–Crippen MR) is 140 cm³/mol. The SMILES string of the molecule is O=C(NCc1ccnc(Cl)c1)n1c2c(c3cc(OC(F)(F)F)ccc31)CN(CC=Cc1ccc(F)cc1)CC2. The fourth-order valence-corrected chi connectivity index (χ4v) is 4.90. The second kappa shape index (κ2) is 11.1. The van der Waals surface area contributed by atoms with E-state index in [4.69, 9.17) is 11.6 Å². The first-order valence-corrected chi connectivity index (χ1v) is 12.5. The molecule has 0 radical (unpaired) electrons. The molecular weight excluding hydrogens is 536 g/mol. The predicted octanol–water partition coefficient (Wildman–Crippen LogP) is 6.56. The van der Waals surface area contributed by atoms with Gasteiger partial charge in [-0.15, -0.1) is 13.2 Å². The highest BCUT2D eigenvalue weighted by Gasteiger charge is 2.32. The molecule has 0 spiro atoms. The van der Waals surface area contributed by atoms with Crippen LogP contribution in [-0.2, 0) is 19.5 Å². The van der Waals surface area contributed by atoms with Gasteiger partial charge in [0.15, 0.2) is 0 Å². The molecule has 1 N–H and O–H groups in total. The molecule has 1 amide bonds. The maximum absolute atomic E-state index is 13.3. The summed E-state index contributed by atoms with van der Waals surface area (Å²) in [7, 11) is 0. The number of aromatic nitrogens is 2. The lowest BCUT2D eigenvalue weighted by Gasteiger charge is -2.27. The van der Waals surface area contributed by atoms with E-state index in [1.807, 2.05) is 12.2 Å². The zero-order valence-electron chi connectivity index (χ0n) is 20.5. The number of nitrogens with zero attached hydrogens (tertiary/aromatic N) is 3. The Morgan fingerprint density at radius 3 is 2.67 bits per heavy atom. The quantitative estimate of drug-likeness (QED) is 0.215. The number of pyridine rings is 1. The van der Waals surface area contributed by atoms with Crippen molar-refractivity contribution in [2.24, 2.45) is 0 Å². The lowest BCUT2D eigenvalue weighted by Crippen LogP contribution is -2.34. The number of halogens is 5. The molecule has 5 rings (SSSR count). The highest BCUT2D eigenvalue weighted by atomic mass is 35.5. The van der Waals surface area contributed by atoms with Crippen molar-refractivity contribution in [1.29, 1.82) is 0 Å². The molecule has 0 aliphatic carbocycles. The minimum Gasteiger partial charge on any atom is -0.406 e. The molecule has 3 heterocycles. The standard InChI is InChI=1S/C28H23ClF4N4O2/c29-26-14-19(9-11-34-26)16-35-27(38)37-24-8-7-21(39-28(31,32)33)15-22(24)23-17-36(13-10-25(23)37)12-1-2-18-3-5-20(30)6-4-18/h1-9,11,14-15H,10,12-13,16-17H2,(H,35,38). The van der Waals surface area contributed by atoms with Crippen molar-refractivity contribution in [3.63, 3.8) is 0 Å². The molecule has 1 aliphatic heterocycles. The molecule has 2 aromatic carbocycles. The summed E-state index contributed by atoms with van der Waals surface area (Å²) in [5, 5.41) is 3.68. The maximum Gasteiger partial charge on any atom is 0.573 e. The van der Waals surface area contributed by atoms with Crippen LogP contribution in [-0.4, -0.2) is 39.9 Å². The molecule has 202 valence electrons. The molecule has 2 aromatic heterocycles. The van der Waals surface area contributed by atoms with E-state index in [2.05, 4.69) is 19.9 Å². The van der Waals surface area contributed by atoms with Crippen LogP contribution in [0.25, 0.3) is 17.0 Å². The van der Waals surface area contributed by atoms with Crippen molar-refractivity contribution >= 4 is 34.6 Å². The summed E-state index contributed by atoms with van der Waals surface area (Å²) in [5.41, 5.74) is 3.60. The number of rotatable bonds is 6. The van der Waals surface area contributed by atoms with Gasteiger partial charge in [0.25, 0.3) is 0 Å². The summed E-state index contributed by atoms with van der Waals surface area (Å²) in [4.78, 5) is 19.4. The molecule has 6 nitrogen and oxygen atoms in total. The van der Waals surface area contributed by atoms with Crippen molar-refractivity contribution in [2.45, 2.75) is 25.9 Å². The summed E-state index contributed by atoms with van der Waals surface area (Å²) < 4.78 is 57.6. The van der Waals surface area contributed by atoms with E-state index >= 15 is 0 Å². The van der Waals surface area contributed by atoms with E-state index in [-0.39, 0.29) is 18.1 Å². The molecule has 0 saturated carbocycles. The van der Waals surface area contributed by atoms with Crippen molar-refractivity contribution in [1.82, 2.24) is 19.8 Å². The van der Waals surface area contributed by atoms with Crippen LogP contribution in [0.2, 0.25) is 5.15 Å². The topological polar surface area (TPSA) is 59.4 Å². The Labute approximate surface area is 226 Å². The monoisotopic (exact) mass is 558 g/mol. The number of benzene rings is 2. The average Bonchev–Trinajstić information content (AvgIpc) is 3.21. The van der Waals surface area contributed by atoms with Gasteiger partial charge in [0, 0.05) is 49.9 Å². The second-order valence-electron chi connectivity index (χ2n) is 9.07. The summed E-state index contributed by atoms with van der Waals surface area (Å²) in [6.45, 7) is 1.83. The van der Waals surface area contributed by atoms with Gasteiger partial charge in [0.05, 0.1) is 5.52 Å². The molecule has 4 aromatic rings. The van der Waals surface area contributed by atoms with Gasteiger partial charge >= 0.3 is 12.4 Å². The van der Waals surface area contributed by atoms with Gasteiger partial charge in [-0.3, -0.25) is 9.47 Å². The zero-order valence-corrected chi connectivity index (χ0v) is 21.3. The lowest BCUT2D eigenvalue weighted by atomic mass is 10.0. The third-order valence-electron chi connectivity index (χ3n) is 6.41. The molecule has 1 aliphatic rings. The first-order valence-electron chi connectivity index (χ1n) is 12.1. The zero-order chi connectivity index (χ0) is 27.6. The molecule has 0 atom stereocenters. The summed E-state index contributed by atoms with van der Waals surface area (Å²) in [6.07, 6.45) is 1.04. The minimum absolute atomic E-state index is 0.199. The lowest BCUT2D eigenvalue weighted by molar-refractivity contribution is -0.274. The Morgan fingerprint density at radius 1 is 1.13 bits per heavy atom. The highest BCUT2D eigenvalue weighted by molar-refractivity contribution is 6.29. The van der Waals surface area contributed by atoms with Crippen molar-refractivity contribution in [3.8, 4) is 5.75 Å². The summed E-state index contributed by atoms with van der Waals surface area (Å²) >= 11 is 5.94.